The summed E-state index contributed by atoms with van der Waals surface area (Å²) in [6.45, 7) is 6.31. The molecule has 2 aliphatic heterocycles. The number of carbonyl (C=O) groups excluding carboxylic acids is 2. The van der Waals surface area contributed by atoms with Crippen LogP contribution in [0.15, 0.2) is 24.3 Å². The Morgan fingerprint density at radius 1 is 1.21 bits per heavy atom. The fourth-order valence-corrected chi connectivity index (χ4v) is 3.54. The molecule has 3 rings (SSSR count). The van der Waals surface area contributed by atoms with Crippen LogP contribution in [0.3, 0.4) is 0 Å². The van der Waals surface area contributed by atoms with Crippen molar-refractivity contribution < 1.29 is 14.3 Å². The molecule has 24 heavy (non-hydrogen) atoms. The Morgan fingerprint density at radius 3 is 2.50 bits per heavy atom. The molecule has 0 radical (unpaired) electrons. The zero-order valence-corrected chi connectivity index (χ0v) is 14.6. The smallest absolute Gasteiger partial charge is 0.328 e. The van der Waals surface area contributed by atoms with Gasteiger partial charge in [0.05, 0.1) is 13.8 Å². The number of urea groups is 1. The van der Waals surface area contributed by atoms with Crippen molar-refractivity contribution in [1.82, 2.24) is 14.7 Å². The van der Waals surface area contributed by atoms with Crippen molar-refractivity contribution in [3.8, 4) is 5.75 Å². The maximum absolute atomic E-state index is 12.4. The highest BCUT2D eigenvalue weighted by Gasteiger charge is 2.39. The molecule has 0 bridgehead atoms. The van der Waals surface area contributed by atoms with Gasteiger partial charge in [0.2, 0.25) is 0 Å². The van der Waals surface area contributed by atoms with Gasteiger partial charge in [-0.1, -0.05) is 12.1 Å². The lowest BCUT2D eigenvalue weighted by Gasteiger charge is -2.24. The molecule has 1 atom stereocenters. The van der Waals surface area contributed by atoms with Gasteiger partial charge in [0.15, 0.2) is 0 Å². The summed E-state index contributed by atoms with van der Waals surface area (Å²) < 4.78 is 5.20. The first-order valence-electron chi connectivity index (χ1n) is 8.47. The number of imide groups is 1. The molecule has 2 heterocycles. The van der Waals surface area contributed by atoms with Crippen LogP contribution in [-0.4, -0.2) is 66.1 Å². The van der Waals surface area contributed by atoms with Crippen molar-refractivity contribution in [2.75, 3.05) is 33.4 Å². The molecule has 1 aromatic carbocycles. The molecule has 2 fully saturated rings. The van der Waals surface area contributed by atoms with Gasteiger partial charge in [-0.05, 0) is 43.9 Å². The van der Waals surface area contributed by atoms with E-state index in [0.717, 1.165) is 25.3 Å². The molecule has 0 saturated carbocycles. The number of methoxy groups -OCH3 is 1. The van der Waals surface area contributed by atoms with Gasteiger partial charge in [-0.2, -0.15) is 0 Å². The number of likely N-dealkylation sites (tertiary alicyclic amines) is 1. The quantitative estimate of drug-likeness (QED) is 0.776. The van der Waals surface area contributed by atoms with E-state index in [1.165, 1.54) is 10.5 Å². The van der Waals surface area contributed by atoms with Crippen LogP contribution in [0.25, 0.3) is 0 Å². The van der Waals surface area contributed by atoms with E-state index in [4.69, 9.17) is 4.74 Å². The molecular formula is C18H25N3O3. The Bertz CT molecular complexity index is 614. The maximum Gasteiger partial charge on any atom is 0.328 e. The van der Waals surface area contributed by atoms with Gasteiger partial charge in [-0.25, -0.2) is 4.79 Å². The number of hydrogen-bond acceptors (Lipinski definition) is 4. The summed E-state index contributed by atoms with van der Waals surface area (Å²) in [6, 6.07) is 7.95. The third-order valence-electron chi connectivity index (χ3n) is 4.82. The molecule has 1 aromatic rings. The Hall–Kier alpha value is -2.08. The first kappa shape index (κ1) is 16.8. The van der Waals surface area contributed by atoms with Gasteiger partial charge < -0.3 is 9.64 Å². The van der Waals surface area contributed by atoms with Gasteiger partial charge in [0, 0.05) is 19.1 Å². The first-order valence-corrected chi connectivity index (χ1v) is 8.47. The zero-order chi connectivity index (χ0) is 17.3. The fourth-order valence-electron chi connectivity index (χ4n) is 3.54. The second-order valence-electron chi connectivity index (χ2n) is 6.82. The van der Waals surface area contributed by atoms with Crippen LogP contribution < -0.4 is 4.74 Å². The number of hydrogen-bond donors (Lipinski definition) is 0. The Morgan fingerprint density at radius 2 is 1.92 bits per heavy atom. The Labute approximate surface area is 143 Å². The van der Waals surface area contributed by atoms with E-state index in [0.29, 0.717) is 12.6 Å². The molecule has 3 amide bonds. The molecule has 0 unspecified atom stereocenters. The van der Waals surface area contributed by atoms with Gasteiger partial charge in [0.1, 0.15) is 12.3 Å². The van der Waals surface area contributed by atoms with Crippen LogP contribution in [0.1, 0.15) is 31.7 Å². The van der Waals surface area contributed by atoms with Crippen molar-refractivity contribution in [2.45, 2.75) is 32.2 Å². The maximum atomic E-state index is 12.4. The summed E-state index contributed by atoms with van der Waals surface area (Å²) in [5.74, 6) is 1.23. The van der Waals surface area contributed by atoms with Crippen molar-refractivity contribution in [3.05, 3.63) is 29.8 Å². The van der Waals surface area contributed by atoms with Crippen LogP contribution in [0, 0.1) is 0 Å². The van der Waals surface area contributed by atoms with E-state index in [2.05, 4.69) is 17.0 Å². The molecule has 6 nitrogen and oxygen atoms in total. The van der Waals surface area contributed by atoms with Gasteiger partial charge in [0.25, 0.3) is 5.91 Å². The third-order valence-corrected chi connectivity index (χ3v) is 4.82. The minimum Gasteiger partial charge on any atom is -0.497 e. The molecule has 2 saturated heterocycles. The van der Waals surface area contributed by atoms with E-state index in [1.807, 2.05) is 26.0 Å². The second-order valence-corrected chi connectivity index (χ2v) is 6.82. The van der Waals surface area contributed by atoms with Crippen molar-refractivity contribution in [1.29, 1.82) is 0 Å². The van der Waals surface area contributed by atoms with Crippen molar-refractivity contribution in [3.63, 3.8) is 0 Å². The minimum atomic E-state index is -0.164. The van der Waals surface area contributed by atoms with Crippen molar-refractivity contribution in [2.24, 2.45) is 0 Å². The lowest BCUT2D eigenvalue weighted by Crippen LogP contribution is -2.41. The molecular weight excluding hydrogens is 306 g/mol. The molecule has 0 aliphatic carbocycles. The second kappa shape index (κ2) is 6.81. The summed E-state index contributed by atoms with van der Waals surface area (Å²) in [6.07, 6.45) is 1.07. The SMILES string of the molecule is COc1ccc([C@H]2CCN(CN3CC(=O)N(C(C)C)C3=O)C2)cc1. The highest BCUT2D eigenvalue weighted by atomic mass is 16.5. The minimum absolute atomic E-state index is 0.0828. The zero-order valence-electron chi connectivity index (χ0n) is 14.6. The van der Waals surface area contributed by atoms with Crippen molar-refractivity contribution >= 4 is 11.9 Å². The van der Waals surface area contributed by atoms with Crippen LogP contribution in [-0.2, 0) is 4.79 Å². The van der Waals surface area contributed by atoms with E-state index in [9.17, 15) is 9.59 Å². The number of amides is 3. The van der Waals surface area contributed by atoms with E-state index in [-0.39, 0.29) is 24.5 Å². The standard InChI is InChI=1S/C18H25N3O3/c1-13(2)21-17(22)11-20(18(21)23)12-19-9-8-15(10-19)14-4-6-16(24-3)7-5-14/h4-7,13,15H,8-12H2,1-3H3/t15-/m0/s1. The Kier molecular flexibility index (Phi) is 4.76. The van der Waals surface area contributed by atoms with E-state index >= 15 is 0 Å². The summed E-state index contributed by atoms with van der Waals surface area (Å²) in [5, 5.41) is 0. The molecule has 0 aromatic heterocycles. The number of carbonyl (C=O) groups is 2. The summed E-state index contributed by atoms with van der Waals surface area (Å²) in [7, 11) is 1.67. The van der Waals surface area contributed by atoms with Gasteiger partial charge in [-0.3, -0.25) is 14.6 Å². The van der Waals surface area contributed by atoms with E-state index < -0.39 is 0 Å². The van der Waals surface area contributed by atoms with Gasteiger partial charge in [-0.15, -0.1) is 0 Å². The molecule has 2 aliphatic rings. The monoisotopic (exact) mass is 331 g/mol. The lowest BCUT2D eigenvalue weighted by atomic mass is 9.98. The average molecular weight is 331 g/mol. The highest BCUT2D eigenvalue weighted by molar-refractivity contribution is 6.02. The molecule has 6 heteroatoms. The van der Waals surface area contributed by atoms with E-state index in [1.54, 1.807) is 12.0 Å². The predicted molar refractivity (Wildman–Crippen MR) is 90.9 cm³/mol. The number of nitrogens with zero attached hydrogens (tertiary/aromatic N) is 3. The third kappa shape index (κ3) is 3.24. The summed E-state index contributed by atoms with van der Waals surface area (Å²) in [5.41, 5.74) is 1.30. The predicted octanol–water partition coefficient (Wildman–Crippen LogP) is 2.11. The number of benzene rings is 1. The summed E-state index contributed by atoms with van der Waals surface area (Å²) >= 11 is 0. The van der Waals surface area contributed by atoms with Crippen LogP contribution in [0.4, 0.5) is 4.79 Å². The number of rotatable bonds is 5. The van der Waals surface area contributed by atoms with Crippen LogP contribution in [0.2, 0.25) is 0 Å². The Balaban J connectivity index is 1.58. The largest absolute Gasteiger partial charge is 0.497 e. The fraction of sp³-hybridized carbons (Fsp3) is 0.556. The number of ether oxygens (including phenoxy) is 1. The molecule has 0 N–H and O–H groups in total. The van der Waals surface area contributed by atoms with Crippen LogP contribution >= 0.6 is 0 Å². The van der Waals surface area contributed by atoms with Gasteiger partial charge >= 0.3 is 6.03 Å². The normalized spacial score (nSPS) is 22.1. The lowest BCUT2D eigenvalue weighted by molar-refractivity contribution is -0.126. The van der Waals surface area contributed by atoms with Crippen LogP contribution in [0.5, 0.6) is 5.75 Å². The summed E-state index contributed by atoms with van der Waals surface area (Å²) in [4.78, 5) is 29.6. The molecule has 130 valence electrons. The molecule has 0 spiro atoms. The highest BCUT2D eigenvalue weighted by Crippen LogP contribution is 2.29. The topological polar surface area (TPSA) is 53.1 Å². The average Bonchev–Trinajstić information content (AvgIpc) is 3.13. The first-order chi connectivity index (χ1) is 11.5.